The quantitative estimate of drug-likeness (QED) is 0.924. The Kier molecular flexibility index (Phi) is 4.77. The number of alkyl halides is 3. The molecule has 1 fully saturated rings. The Morgan fingerprint density at radius 1 is 1.62 bits per heavy atom. The number of halogens is 4. The Hall–Kier alpha value is -1.28. The fraction of sp³-hybridized carbons (Fsp3) is 0.667. The van der Waals surface area contributed by atoms with Crippen LogP contribution in [-0.4, -0.2) is 34.7 Å². The van der Waals surface area contributed by atoms with Crippen molar-refractivity contribution in [3.05, 3.63) is 21.6 Å². The fourth-order valence-electron chi connectivity index (χ4n) is 2.18. The van der Waals surface area contributed by atoms with Crippen molar-refractivity contribution < 1.29 is 17.9 Å². The van der Waals surface area contributed by atoms with Crippen LogP contribution < -0.4 is 10.9 Å². The lowest BCUT2D eigenvalue weighted by atomic mass is 10.1. The summed E-state index contributed by atoms with van der Waals surface area (Å²) in [5.74, 6) is 0. The maximum Gasteiger partial charge on any atom is 0.408 e. The molecule has 0 saturated carbocycles. The molecule has 2 atom stereocenters. The third kappa shape index (κ3) is 4.10. The Balaban J connectivity index is 2.14. The summed E-state index contributed by atoms with van der Waals surface area (Å²) in [6, 6.07) is -0.121. The number of hydrogen-bond donors (Lipinski definition) is 1. The highest BCUT2D eigenvalue weighted by Crippen LogP contribution is 2.22. The normalized spacial score (nSPS) is 20.5. The van der Waals surface area contributed by atoms with Gasteiger partial charge in [0.2, 0.25) is 0 Å². The number of aromatic nitrogens is 2. The van der Waals surface area contributed by atoms with E-state index in [0.717, 1.165) is 19.0 Å². The van der Waals surface area contributed by atoms with Crippen LogP contribution in [-0.2, 0) is 11.3 Å². The Morgan fingerprint density at radius 2 is 2.33 bits per heavy atom. The SMILES string of the molecule is CC(Nc1cnn(CC(F)(F)F)c(=O)c1Cl)C1CCCO1. The van der Waals surface area contributed by atoms with Crippen LogP contribution in [0.2, 0.25) is 5.02 Å². The first-order chi connectivity index (χ1) is 9.78. The maximum atomic E-state index is 12.3. The summed E-state index contributed by atoms with van der Waals surface area (Å²) in [6.07, 6.45) is -1.58. The van der Waals surface area contributed by atoms with Crippen molar-refractivity contribution in [2.45, 2.75) is 44.6 Å². The first-order valence-electron chi connectivity index (χ1n) is 6.48. The molecule has 1 aliphatic rings. The summed E-state index contributed by atoms with van der Waals surface area (Å²) in [4.78, 5) is 11.8. The highest BCUT2D eigenvalue weighted by Gasteiger charge is 2.30. The Labute approximate surface area is 124 Å². The molecule has 2 unspecified atom stereocenters. The molecule has 0 aliphatic carbocycles. The third-order valence-electron chi connectivity index (χ3n) is 3.22. The van der Waals surface area contributed by atoms with Crippen LogP contribution in [0, 0.1) is 0 Å². The minimum atomic E-state index is -4.53. The van der Waals surface area contributed by atoms with Gasteiger partial charge in [-0.1, -0.05) is 11.6 Å². The van der Waals surface area contributed by atoms with Crippen LogP contribution in [0.3, 0.4) is 0 Å². The summed E-state index contributed by atoms with van der Waals surface area (Å²) in [5, 5.41) is 6.16. The van der Waals surface area contributed by atoms with Gasteiger partial charge in [0.15, 0.2) is 0 Å². The van der Waals surface area contributed by atoms with Crippen LogP contribution in [0.25, 0.3) is 0 Å². The molecule has 1 aromatic rings. The van der Waals surface area contributed by atoms with Gasteiger partial charge >= 0.3 is 6.18 Å². The lowest BCUT2D eigenvalue weighted by molar-refractivity contribution is -0.143. The molecule has 1 saturated heterocycles. The summed E-state index contributed by atoms with van der Waals surface area (Å²) in [5.41, 5.74) is -0.762. The van der Waals surface area contributed by atoms with Crippen LogP contribution >= 0.6 is 11.6 Å². The van der Waals surface area contributed by atoms with Crippen molar-refractivity contribution in [2.75, 3.05) is 11.9 Å². The molecule has 0 spiro atoms. The first kappa shape index (κ1) is 16.1. The molecule has 2 rings (SSSR count). The van der Waals surface area contributed by atoms with Gasteiger partial charge < -0.3 is 10.1 Å². The third-order valence-corrected chi connectivity index (χ3v) is 3.58. The van der Waals surface area contributed by atoms with Crippen molar-refractivity contribution >= 4 is 17.3 Å². The number of anilines is 1. The molecule has 1 aliphatic heterocycles. The lowest BCUT2D eigenvalue weighted by Gasteiger charge is -2.21. The minimum absolute atomic E-state index is 0.0151. The molecular formula is C12H15ClF3N3O2. The highest BCUT2D eigenvalue weighted by molar-refractivity contribution is 6.32. The van der Waals surface area contributed by atoms with E-state index >= 15 is 0 Å². The average molecular weight is 326 g/mol. The second kappa shape index (κ2) is 6.23. The van der Waals surface area contributed by atoms with Gasteiger partial charge in [0.1, 0.15) is 11.6 Å². The van der Waals surface area contributed by atoms with Crippen LogP contribution in [0.4, 0.5) is 18.9 Å². The zero-order valence-electron chi connectivity index (χ0n) is 11.3. The van der Waals surface area contributed by atoms with Gasteiger partial charge in [-0.05, 0) is 19.8 Å². The van der Waals surface area contributed by atoms with E-state index in [0.29, 0.717) is 11.3 Å². The summed E-state index contributed by atoms with van der Waals surface area (Å²) >= 11 is 5.83. The zero-order chi connectivity index (χ0) is 15.6. The zero-order valence-corrected chi connectivity index (χ0v) is 12.0. The molecule has 5 nitrogen and oxygen atoms in total. The second-order valence-corrected chi connectivity index (χ2v) is 5.31. The van der Waals surface area contributed by atoms with Crippen LogP contribution in [0.15, 0.2) is 11.0 Å². The molecule has 21 heavy (non-hydrogen) atoms. The van der Waals surface area contributed by atoms with Crippen LogP contribution in [0.1, 0.15) is 19.8 Å². The predicted octanol–water partition coefficient (Wildman–Crippen LogP) is 2.44. The van der Waals surface area contributed by atoms with Gasteiger partial charge in [0.25, 0.3) is 5.56 Å². The monoisotopic (exact) mass is 325 g/mol. The van der Waals surface area contributed by atoms with Gasteiger partial charge in [-0.15, -0.1) is 0 Å². The largest absolute Gasteiger partial charge is 0.408 e. The molecule has 2 heterocycles. The van der Waals surface area contributed by atoms with Crippen LogP contribution in [0.5, 0.6) is 0 Å². The van der Waals surface area contributed by atoms with E-state index in [2.05, 4.69) is 10.4 Å². The first-order valence-corrected chi connectivity index (χ1v) is 6.86. The smallest absolute Gasteiger partial charge is 0.377 e. The second-order valence-electron chi connectivity index (χ2n) is 4.93. The summed E-state index contributed by atoms with van der Waals surface area (Å²) < 4.78 is 42.7. The van der Waals surface area contributed by atoms with E-state index in [9.17, 15) is 18.0 Å². The number of nitrogens with zero attached hydrogens (tertiary/aromatic N) is 2. The Bertz CT molecular complexity index is 556. The van der Waals surface area contributed by atoms with Gasteiger partial charge in [-0.2, -0.15) is 18.3 Å². The van der Waals surface area contributed by atoms with E-state index in [4.69, 9.17) is 16.3 Å². The van der Waals surface area contributed by atoms with Gasteiger partial charge in [0.05, 0.1) is 18.0 Å². The molecule has 118 valence electrons. The van der Waals surface area contributed by atoms with Crippen molar-refractivity contribution in [1.29, 1.82) is 0 Å². The standard InChI is InChI=1S/C12H15ClF3N3O2/c1-7(9-3-2-4-21-9)18-8-5-17-19(6-12(14,15)16)11(20)10(8)13/h5,7,9,18H,2-4,6H2,1H3. The minimum Gasteiger partial charge on any atom is -0.377 e. The van der Waals surface area contributed by atoms with E-state index in [1.54, 1.807) is 0 Å². The number of rotatable bonds is 4. The molecule has 0 aromatic carbocycles. The van der Waals surface area contributed by atoms with E-state index in [1.807, 2.05) is 6.92 Å². The average Bonchev–Trinajstić information content (AvgIpc) is 2.91. The molecule has 0 bridgehead atoms. The molecular weight excluding hydrogens is 311 g/mol. The molecule has 9 heteroatoms. The maximum absolute atomic E-state index is 12.3. The Morgan fingerprint density at radius 3 is 2.90 bits per heavy atom. The van der Waals surface area contributed by atoms with E-state index in [1.165, 1.54) is 0 Å². The van der Waals surface area contributed by atoms with Crippen molar-refractivity contribution in [3.63, 3.8) is 0 Å². The number of hydrogen-bond acceptors (Lipinski definition) is 4. The van der Waals surface area contributed by atoms with Crippen molar-refractivity contribution in [2.24, 2.45) is 0 Å². The van der Waals surface area contributed by atoms with Crippen molar-refractivity contribution in [1.82, 2.24) is 9.78 Å². The summed E-state index contributed by atoms with van der Waals surface area (Å²) in [6.45, 7) is 1.07. The number of ether oxygens (including phenoxy) is 1. The fourth-order valence-corrected chi connectivity index (χ4v) is 2.38. The van der Waals surface area contributed by atoms with E-state index < -0.39 is 18.3 Å². The van der Waals surface area contributed by atoms with Gasteiger partial charge in [0, 0.05) is 12.6 Å². The predicted molar refractivity (Wildman–Crippen MR) is 71.6 cm³/mol. The molecule has 0 radical (unpaired) electrons. The number of nitrogens with one attached hydrogen (secondary N) is 1. The van der Waals surface area contributed by atoms with E-state index in [-0.39, 0.29) is 22.9 Å². The summed E-state index contributed by atoms with van der Waals surface area (Å²) in [7, 11) is 0. The van der Waals surface area contributed by atoms with Crippen molar-refractivity contribution in [3.8, 4) is 0 Å². The molecule has 1 N–H and O–H groups in total. The van der Waals surface area contributed by atoms with Gasteiger partial charge in [-0.3, -0.25) is 4.79 Å². The molecule has 1 aromatic heterocycles. The molecule has 0 amide bonds. The van der Waals surface area contributed by atoms with Gasteiger partial charge in [-0.25, -0.2) is 4.68 Å². The highest BCUT2D eigenvalue weighted by atomic mass is 35.5. The topological polar surface area (TPSA) is 56.2 Å². The lowest BCUT2D eigenvalue weighted by Crippen LogP contribution is -2.33.